The van der Waals surface area contributed by atoms with Gasteiger partial charge in [-0.25, -0.2) is 0 Å². The first-order valence-corrected chi connectivity index (χ1v) is 7.81. The highest BCUT2D eigenvalue weighted by molar-refractivity contribution is 5.94. The molecule has 1 aromatic heterocycles. The van der Waals surface area contributed by atoms with Gasteiger partial charge in [0.2, 0.25) is 0 Å². The lowest BCUT2D eigenvalue weighted by molar-refractivity contribution is -0.0498. The van der Waals surface area contributed by atoms with Crippen molar-refractivity contribution in [2.75, 3.05) is 13.1 Å². The third-order valence-corrected chi connectivity index (χ3v) is 4.17. The number of carbonyl (C=O) groups is 1. The molecule has 7 heteroatoms. The number of carbonyl (C=O) groups excluding carboxylic acids is 1. The Morgan fingerprint density at radius 3 is 2.58 bits per heavy atom. The van der Waals surface area contributed by atoms with E-state index in [-0.39, 0.29) is 17.7 Å². The van der Waals surface area contributed by atoms with Gasteiger partial charge in [-0.1, -0.05) is 0 Å². The maximum atomic E-state index is 12.6. The van der Waals surface area contributed by atoms with Crippen molar-refractivity contribution in [3.63, 3.8) is 0 Å². The topological polar surface area (TPSA) is 47.4 Å². The summed E-state index contributed by atoms with van der Waals surface area (Å²) in [5.41, 5.74) is 2.51. The molecule has 0 spiro atoms. The standard InChI is InChI=1S/C17H19F2N3O2/c1-11-9-12(2)22(20-11)14-7-8-21(10-14)16(23)13-3-5-15(6-4-13)24-17(18)19/h3-6,9,14,17H,7-8,10H2,1-2H3/t14-/m0/s1. The Balaban J connectivity index is 1.67. The van der Waals surface area contributed by atoms with Crippen molar-refractivity contribution < 1.29 is 18.3 Å². The molecule has 2 heterocycles. The molecular formula is C17H19F2N3O2. The lowest BCUT2D eigenvalue weighted by atomic mass is 10.2. The number of rotatable bonds is 4. The SMILES string of the molecule is Cc1cc(C)n([C@H]2CCN(C(=O)c3ccc(OC(F)F)cc3)C2)n1. The summed E-state index contributed by atoms with van der Waals surface area (Å²) in [5.74, 6) is -0.0638. The first-order valence-electron chi connectivity index (χ1n) is 7.81. The summed E-state index contributed by atoms with van der Waals surface area (Å²) in [7, 11) is 0. The van der Waals surface area contributed by atoms with Gasteiger partial charge < -0.3 is 9.64 Å². The Hall–Kier alpha value is -2.44. The summed E-state index contributed by atoms with van der Waals surface area (Å²) in [6, 6.07) is 7.98. The molecule has 5 nitrogen and oxygen atoms in total. The average molecular weight is 335 g/mol. The molecule has 1 saturated heterocycles. The number of benzene rings is 1. The van der Waals surface area contributed by atoms with E-state index in [1.165, 1.54) is 24.3 Å². The number of halogens is 2. The molecule has 24 heavy (non-hydrogen) atoms. The van der Waals surface area contributed by atoms with Crippen LogP contribution in [0.4, 0.5) is 8.78 Å². The maximum absolute atomic E-state index is 12.6. The predicted octanol–water partition coefficient (Wildman–Crippen LogP) is 3.19. The zero-order valence-electron chi connectivity index (χ0n) is 13.6. The zero-order chi connectivity index (χ0) is 17.3. The van der Waals surface area contributed by atoms with Gasteiger partial charge in [0.15, 0.2) is 0 Å². The molecule has 0 bridgehead atoms. The monoisotopic (exact) mass is 335 g/mol. The molecule has 1 aliphatic heterocycles. The van der Waals surface area contributed by atoms with E-state index in [9.17, 15) is 13.6 Å². The second-order valence-electron chi connectivity index (χ2n) is 5.97. The maximum Gasteiger partial charge on any atom is 0.387 e. The number of aryl methyl sites for hydroxylation is 2. The Morgan fingerprint density at radius 1 is 1.29 bits per heavy atom. The number of ether oxygens (including phenoxy) is 1. The molecular weight excluding hydrogens is 316 g/mol. The van der Waals surface area contributed by atoms with E-state index >= 15 is 0 Å². The predicted molar refractivity (Wildman–Crippen MR) is 84.3 cm³/mol. The third-order valence-electron chi connectivity index (χ3n) is 4.17. The highest BCUT2D eigenvalue weighted by Gasteiger charge is 2.29. The minimum atomic E-state index is -2.87. The van der Waals surface area contributed by atoms with Crippen LogP contribution < -0.4 is 4.74 Å². The van der Waals surface area contributed by atoms with E-state index in [2.05, 4.69) is 9.84 Å². The second-order valence-corrected chi connectivity index (χ2v) is 5.97. The van der Waals surface area contributed by atoms with E-state index in [1.807, 2.05) is 24.6 Å². The number of likely N-dealkylation sites (tertiary alicyclic amines) is 1. The number of aromatic nitrogens is 2. The van der Waals surface area contributed by atoms with Gasteiger partial charge in [0.05, 0.1) is 11.7 Å². The summed E-state index contributed by atoms with van der Waals surface area (Å²) in [6.07, 6.45) is 0.847. The highest BCUT2D eigenvalue weighted by atomic mass is 19.3. The average Bonchev–Trinajstić information content (AvgIpc) is 3.13. The smallest absolute Gasteiger partial charge is 0.387 e. The Bertz CT molecular complexity index is 728. The molecule has 0 radical (unpaired) electrons. The molecule has 1 amide bonds. The lowest BCUT2D eigenvalue weighted by Crippen LogP contribution is -2.29. The van der Waals surface area contributed by atoms with Gasteiger partial charge in [0, 0.05) is 24.3 Å². The van der Waals surface area contributed by atoms with Crippen molar-refractivity contribution in [2.24, 2.45) is 0 Å². The molecule has 1 aliphatic rings. The van der Waals surface area contributed by atoms with E-state index in [0.717, 1.165) is 17.8 Å². The van der Waals surface area contributed by atoms with Crippen LogP contribution in [0.3, 0.4) is 0 Å². The minimum absolute atomic E-state index is 0.0449. The van der Waals surface area contributed by atoms with Gasteiger partial charge in [-0.05, 0) is 50.6 Å². The number of hydrogen-bond acceptors (Lipinski definition) is 3. The van der Waals surface area contributed by atoms with Crippen LogP contribution in [-0.2, 0) is 0 Å². The van der Waals surface area contributed by atoms with Gasteiger partial charge in [0.1, 0.15) is 5.75 Å². The van der Waals surface area contributed by atoms with Crippen molar-refractivity contribution in [3.8, 4) is 5.75 Å². The van der Waals surface area contributed by atoms with Gasteiger partial charge in [0.25, 0.3) is 5.91 Å². The third kappa shape index (κ3) is 3.39. The van der Waals surface area contributed by atoms with Crippen LogP contribution in [0.1, 0.15) is 34.2 Å². The fourth-order valence-corrected chi connectivity index (χ4v) is 3.10. The van der Waals surface area contributed by atoms with Crippen molar-refractivity contribution in [3.05, 3.63) is 47.3 Å². The molecule has 1 atom stereocenters. The molecule has 1 fully saturated rings. The first kappa shape index (κ1) is 16.4. The molecule has 3 rings (SSSR count). The van der Waals surface area contributed by atoms with Crippen LogP contribution in [0, 0.1) is 13.8 Å². The Labute approximate surface area is 138 Å². The normalized spacial score (nSPS) is 17.5. The number of alkyl halides is 2. The molecule has 0 aliphatic carbocycles. The fraction of sp³-hybridized carbons (Fsp3) is 0.412. The van der Waals surface area contributed by atoms with Crippen molar-refractivity contribution >= 4 is 5.91 Å². The van der Waals surface area contributed by atoms with Crippen molar-refractivity contribution in [1.82, 2.24) is 14.7 Å². The van der Waals surface area contributed by atoms with Crippen LogP contribution in [0.15, 0.2) is 30.3 Å². The summed E-state index contributed by atoms with van der Waals surface area (Å²) in [5, 5.41) is 4.49. The number of amides is 1. The molecule has 128 valence electrons. The largest absolute Gasteiger partial charge is 0.435 e. The first-order chi connectivity index (χ1) is 11.4. The van der Waals surface area contributed by atoms with Crippen LogP contribution in [0.25, 0.3) is 0 Å². The van der Waals surface area contributed by atoms with Crippen LogP contribution in [-0.4, -0.2) is 40.3 Å². The zero-order valence-corrected chi connectivity index (χ0v) is 13.6. The van der Waals surface area contributed by atoms with E-state index in [4.69, 9.17) is 0 Å². The van der Waals surface area contributed by atoms with Gasteiger partial charge in [-0.3, -0.25) is 9.48 Å². The molecule has 2 aromatic rings. The Morgan fingerprint density at radius 2 is 2.00 bits per heavy atom. The molecule has 0 N–H and O–H groups in total. The summed E-state index contributed by atoms with van der Waals surface area (Å²) >= 11 is 0. The number of nitrogens with zero attached hydrogens (tertiary/aromatic N) is 3. The van der Waals surface area contributed by atoms with E-state index < -0.39 is 6.61 Å². The molecule has 0 unspecified atom stereocenters. The van der Waals surface area contributed by atoms with Crippen molar-refractivity contribution in [2.45, 2.75) is 32.9 Å². The van der Waals surface area contributed by atoms with Crippen LogP contribution in [0.2, 0.25) is 0 Å². The molecule has 1 aromatic carbocycles. The van der Waals surface area contributed by atoms with Crippen molar-refractivity contribution in [1.29, 1.82) is 0 Å². The highest BCUT2D eigenvalue weighted by Crippen LogP contribution is 2.25. The van der Waals surface area contributed by atoms with E-state index in [1.54, 1.807) is 4.90 Å². The second kappa shape index (κ2) is 6.59. The van der Waals surface area contributed by atoms with Gasteiger partial charge >= 0.3 is 6.61 Å². The van der Waals surface area contributed by atoms with Crippen LogP contribution in [0.5, 0.6) is 5.75 Å². The Kier molecular flexibility index (Phi) is 4.51. The number of hydrogen-bond donors (Lipinski definition) is 0. The van der Waals surface area contributed by atoms with Gasteiger partial charge in [-0.2, -0.15) is 13.9 Å². The summed E-state index contributed by atoms with van der Waals surface area (Å²) < 4.78 is 30.6. The summed E-state index contributed by atoms with van der Waals surface area (Å²) in [6.45, 7) is 2.33. The van der Waals surface area contributed by atoms with Crippen LogP contribution >= 0.6 is 0 Å². The lowest BCUT2D eigenvalue weighted by Gasteiger charge is -2.17. The molecule has 0 saturated carbocycles. The fourth-order valence-electron chi connectivity index (χ4n) is 3.10. The summed E-state index contributed by atoms with van der Waals surface area (Å²) in [4.78, 5) is 14.3. The minimum Gasteiger partial charge on any atom is -0.435 e. The quantitative estimate of drug-likeness (QED) is 0.862. The van der Waals surface area contributed by atoms with E-state index in [0.29, 0.717) is 18.7 Å². The van der Waals surface area contributed by atoms with Gasteiger partial charge in [-0.15, -0.1) is 0 Å².